The normalized spacial score (nSPS) is 12.8. The largest absolute Gasteiger partial charge is 0.490 e. The van der Waals surface area contributed by atoms with Gasteiger partial charge in [-0.25, -0.2) is 0 Å². The molecule has 2 aromatic carbocycles. The maximum absolute atomic E-state index is 12.0. The summed E-state index contributed by atoms with van der Waals surface area (Å²) < 4.78 is 16.1. The Hall–Kier alpha value is -2.44. The van der Waals surface area contributed by atoms with Crippen molar-refractivity contribution in [2.75, 3.05) is 25.1 Å². The number of anilines is 1. The highest BCUT2D eigenvalue weighted by atomic mass is 35.5. The Kier molecular flexibility index (Phi) is 6.42. The third kappa shape index (κ3) is 5.52. The molecular weight excluding hydrogens is 393 g/mol. The number of rotatable bonds is 5. The first-order valence-electron chi connectivity index (χ1n) is 8.30. The van der Waals surface area contributed by atoms with Crippen LogP contribution in [0, 0.1) is 0 Å². The molecule has 0 spiro atoms. The molecule has 2 aromatic rings. The number of benzene rings is 2. The fraction of sp³-hybridized carbons (Fsp3) is 0.263. The van der Waals surface area contributed by atoms with Crippen molar-refractivity contribution >= 4 is 40.8 Å². The van der Waals surface area contributed by atoms with Crippen LogP contribution in [-0.2, 0) is 20.7 Å². The van der Waals surface area contributed by atoms with E-state index in [1.54, 1.807) is 36.4 Å². The highest BCUT2D eigenvalue weighted by Gasteiger charge is 2.13. The van der Waals surface area contributed by atoms with Gasteiger partial charge in [0.05, 0.1) is 29.7 Å². The van der Waals surface area contributed by atoms with Gasteiger partial charge in [-0.05, 0) is 29.8 Å². The lowest BCUT2D eigenvalue weighted by Gasteiger charge is -2.10. The average molecular weight is 410 g/mol. The Morgan fingerprint density at radius 1 is 1.00 bits per heavy atom. The van der Waals surface area contributed by atoms with Crippen LogP contribution >= 0.6 is 23.2 Å². The van der Waals surface area contributed by atoms with Crippen LogP contribution in [0.15, 0.2) is 36.4 Å². The van der Waals surface area contributed by atoms with Crippen molar-refractivity contribution in [2.45, 2.75) is 12.8 Å². The minimum Gasteiger partial charge on any atom is -0.490 e. The molecule has 0 bridgehead atoms. The molecule has 0 unspecified atom stereocenters. The number of ether oxygens (including phenoxy) is 3. The molecule has 0 atom stereocenters. The molecule has 3 rings (SSSR count). The lowest BCUT2D eigenvalue weighted by molar-refractivity contribution is -0.146. The number of halogens is 2. The maximum Gasteiger partial charge on any atom is 0.310 e. The van der Waals surface area contributed by atoms with Crippen molar-refractivity contribution in [1.29, 1.82) is 0 Å². The third-order valence-corrected chi connectivity index (χ3v) is 4.47. The molecule has 0 aromatic heterocycles. The van der Waals surface area contributed by atoms with Crippen molar-refractivity contribution in [1.82, 2.24) is 0 Å². The fourth-order valence-electron chi connectivity index (χ4n) is 2.45. The van der Waals surface area contributed by atoms with Gasteiger partial charge in [0, 0.05) is 18.2 Å². The van der Waals surface area contributed by atoms with E-state index >= 15 is 0 Å². The monoisotopic (exact) mass is 409 g/mol. The van der Waals surface area contributed by atoms with Gasteiger partial charge in [0.2, 0.25) is 0 Å². The number of hydrogen-bond acceptors (Lipinski definition) is 5. The molecule has 0 radical (unpaired) electrons. The van der Waals surface area contributed by atoms with Gasteiger partial charge in [0.1, 0.15) is 0 Å². The van der Waals surface area contributed by atoms with Crippen molar-refractivity contribution < 1.29 is 23.8 Å². The highest BCUT2D eigenvalue weighted by Crippen LogP contribution is 2.32. The summed E-state index contributed by atoms with van der Waals surface area (Å²) in [7, 11) is 0. The summed E-state index contributed by atoms with van der Waals surface area (Å²) in [5.41, 5.74) is 1.18. The number of esters is 1. The Morgan fingerprint density at radius 2 is 1.78 bits per heavy atom. The summed E-state index contributed by atoms with van der Waals surface area (Å²) >= 11 is 11.7. The van der Waals surface area contributed by atoms with Crippen LogP contribution in [0.5, 0.6) is 11.5 Å². The maximum atomic E-state index is 12.0. The second-order valence-electron chi connectivity index (χ2n) is 5.85. The van der Waals surface area contributed by atoms with Crippen LogP contribution in [0.1, 0.15) is 12.0 Å². The van der Waals surface area contributed by atoms with Gasteiger partial charge in [-0.2, -0.15) is 0 Å². The van der Waals surface area contributed by atoms with Gasteiger partial charge < -0.3 is 19.5 Å². The van der Waals surface area contributed by atoms with Crippen molar-refractivity contribution in [3.05, 3.63) is 52.0 Å². The van der Waals surface area contributed by atoms with E-state index < -0.39 is 18.5 Å². The van der Waals surface area contributed by atoms with E-state index in [0.29, 0.717) is 46.0 Å². The van der Waals surface area contributed by atoms with Crippen molar-refractivity contribution in [3.63, 3.8) is 0 Å². The molecule has 1 aliphatic rings. The zero-order valence-corrected chi connectivity index (χ0v) is 15.8. The quantitative estimate of drug-likeness (QED) is 0.758. The molecule has 27 heavy (non-hydrogen) atoms. The Bertz CT molecular complexity index is 856. The second-order valence-corrected chi connectivity index (χ2v) is 6.66. The number of carbonyl (C=O) groups excluding carboxylic acids is 2. The van der Waals surface area contributed by atoms with Crippen molar-refractivity contribution in [2.24, 2.45) is 0 Å². The van der Waals surface area contributed by atoms with Crippen molar-refractivity contribution in [3.8, 4) is 11.5 Å². The zero-order chi connectivity index (χ0) is 19.2. The number of hydrogen-bond donors (Lipinski definition) is 1. The summed E-state index contributed by atoms with van der Waals surface area (Å²) in [5, 5.41) is 3.42. The van der Waals surface area contributed by atoms with Crippen LogP contribution in [0.4, 0.5) is 5.69 Å². The van der Waals surface area contributed by atoms with E-state index in [0.717, 1.165) is 6.42 Å². The number of carbonyl (C=O) groups is 2. The smallest absolute Gasteiger partial charge is 0.310 e. The molecule has 8 heteroatoms. The average Bonchev–Trinajstić information content (AvgIpc) is 2.88. The minimum atomic E-state index is -0.540. The van der Waals surface area contributed by atoms with E-state index in [4.69, 9.17) is 37.4 Å². The lowest BCUT2D eigenvalue weighted by atomic mass is 10.1. The Balaban J connectivity index is 1.50. The van der Waals surface area contributed by atoms with Crippen LogP contribution in [0.2, 0.25) is 10.0 Å². The summed E-state index contributed by atoms with van der Waals surface area (Å²) in [4.78, 5) is 23.9. The number of fused-ring (bicyclic) bond motifs is 1. The first-order valence-corrected chi connectivity index (χ1v) is 9.06. The summed E-state index contributed by atoms with van der Waals surface area (Å²) in [6.45, 7) is 0.749. The topological polar surface area (TPSA) is 73.9 Å². The van der Waals surface area contributed by atoms with Crippen LogP contribution in [0.3, 0.4) is 0 Å². The minimum absolute atomic E-state index is 0.00576. The molecule has 1 heterocycles. The van der Waals surface area contributed by atoms with Gasteiger partial charge in [-0.1, -0.05) is 29.3 Å². The predicted molar refractivity (Wildman–Crippen MR) is 102 cm³/mol. The Morgan fingerprint density at radius 3 is 2.56 bits per heavy atom. The molecule has 0 saturated heterocycles. The SMILES string of the molecule is O=C(COC(=O)Cc1ccc(Cl)c(Cl)c1)Nc1ccc2c(c1)OCCCO2. The number of amides is 1. The van der Waals surface area contributed by atoms with Gasteiger partial charge in [0.15, 0.2) is 18.1 Å². The first-order chi connectivity index (χ1) is 13.0. The van der Waals surface area contributed by atoms with E-state index in [2.05, 4.69) is 5.32 Å². The second kappa shape index (κ2) is 8.97. The fourth-order valence-corrected chi connectivity index (χ4v) is 2.77. The molecule has 1 N–H and O–H groups in total. The van der Waals surface area contributed by atoms with Gasteiger partial charge in [0.25, 0.3) is 5.91 Å². The first kappa shape index (κ1) is 19.3. The standard InChI is InChI=1S/C19H17Cl2NO5/c20-14-4-2-12(8-15(14)21)9-19(24)27-11-18(23)22-13-3-5-16-17(10-13)26-7-1-6-25-16/h2-5,8,10H,1,6-7,9,11H2,(H,22,23). The van der Waals surface area contributed by atoms with Gasteiger partial charge >= 0.3 is 5.97 Å². The molecule has 1 aliphatic heterocycles. The summed E-state index contributed by atoms with van der Waals surface area (Å²) in [6.07, 6.45) is 0.791. The number of nitrogens with one attached hydrogen (secondary N) is 1. The Labute approximate surface area is 166 Å². The third-order valence-electron chi connectivity index (χ3n) is 3.73. The van der Waals surface area contributed by atoms with E-state index in [-0.39, 0.29) is 6.42 Å². The molecule has 0 fully saturated rings. The predicted octanol–water partition coefficient (Wildman–Crippen LogP) is 3.88. The van der Waals surface area contributed by atoms with E-state index in [9.17, 15) is 9.59 Å². The highest BCUT2D eigenvalue weighted by molar-refractivity contribution is 6.42. The molecule has 0 saturated carbocycles. The summed E-state index contributed by atoms with van der Waals surface area (Å²) in [5.74, 6) is 0.217. The molecular formula is C19H17Cl2NO5. The molecule has 1 amide bonds. The summed E-state index contributed by atoms with van der Waals surface area (Å²) in [6, 6.07) is 9.96. The molecule has 6 nitrogen and oxygen atoms in total. The molecule has 142 valence electrons. The van der Waals surface area contributed by atoms with Gasteiger partial charge in [-0.3, -0.25) is 9.59 Å². The van der Waals surface area contributed by atoms with Crippen LogP contribution < -0.4 is 14.8 Å². The van der Waals surface area contributed by atoms with E-state index in [1.165, 1.54) is 0 Å². The van der Waals surface area contributed by atoms with Crippen LogP contribution in [0.25, 0.3) is 0 Å². The molecule has 0 aliphatic carbocycles. The van der Waals surface area contributed by atoms with Crippen LogP contribution in [-0.4, -0.2) is 31.7 Å². The zero-order valence-electron chi connectivity index (χ0n) is 14.3. The van der Waals surface area contributed by atoms with E-state index in [1.807, 2.05) is 0 Å². The van der Waals surface area contributed by atoms with Gasteiger partial charge in [-0.15, -0.1) is 0 Å². The lowest BCUT2D eigenvalue weighted by Crippen LogP contribution is -2.21.